The zero-order valence-corrected chi connectivity index (χ0v) is 9.70. The van der Waals surface area contributed by atoms with Gasteiger partial charge in [-0.25, -0.2) is 9.78 Å². The molecule has 1 aromatic heterocycles. The van der Waals surface area contributed by atoms with Crippen LogP contribution in [0.15, 0.2) is 36.4 Å². The molecule has 0 fully saturated rings. The Kier molecular flexibility index (Phi) is 3.30. The van der Waals surface area contributed by atoms with Gasteiger partial charge >= 0.3 is 5.97 Å². The quantitative estimate of drug-likeness (QED) is 0.868. The van der Waals surface area contributed by atoms with Crippen molar-refractivity contribution in [2.75, 3.05) is 5.73 Å². The molecule has 0 aliphatic rings. The summed E-state index contributed by atoms with van der Waals surface area (Å²) in [7, 11) is 0. The van der Waals surface area contributed by atoms with Crippen molar-refractivity contribution in [1.29, 1.82) is 5.26 Å². The van der Waals surface area contributed by atoms with Crippen LogP contribution in [0.2, 0.25) is 0 Å². The molecule has 1 aromatic carbocycles. The fourth-order valence-corrected chi connectivity index (χ4v) is 1.40. The Morgan fingerprint density at radius 1 is 1.32 bits per heavy atom. The van der Waals surface area contributed by atoms with Crippen molar-refractivity contribution in [3.8, 4) is 17.7 Å². The standard InChI is InChI=1S/C13H9N3O3/c14-7-8-3-1-2-4-11(8)19-12-9(15)5-6-10(16-12)13(17)18/h1-6H,15H2,(H,17,18). The van der Waals surface area contributed by atoms with Crippen molar-refractivity contribution in [3.63, 3.8) is 0 Å². The molecule has 1 heterocycles. The van der Waals surface area contributed by atoms with Crippen molar-refractivity contribution in [3.05, 3.63) is 47.7 Å². The molecule has 0 atom stereocenters. The van der Waals surface area contributed by atoms with E-state index in [4.69, 9.17) is 20.8 Å². The summed E-state index contributed by atoms with van der Waals surface area (Å²) < 4.78 is 5.40. The molecular formula is C13H9N3O3. The number of para-hydroxylation sites is 1. The van der Waals surface area contributed by atoms with Gasteiger partial charge in [0.1, 0.15) is 11.8 Å². The number of carboxylic acid groups (broad SMARTS) is 1. The molecule has 2 aromatic rings. The van der Waals surface area contributed by atoms with Crippen molar-refractivity contribution in [1.82, 2.24) is 4.98 Å². The average Bonchev–Trinajstić information content (AvgIpc) is 2.41. The van der Waals surface area contributed by atoms with Gasteiger partial charge in [-0.2, -0.15) is 5.26 Å². The van der Waals surface area contributed by atoms with Crippen molar-refractivity contribution in [2.45, 2.75) is 0 Å². The van der Waals surface area contributed by atoms with Crippen LogP contribution >= 0.6 is 0 Å². The molecule has 0 aliphatic heterocycles. The largest absolute Gasteiger partial charge is 0.477 e. The van der Waals surface area contributed by atoms with Gasteiger partial charge in [-0.05, 0) is 24.3 Å². The van der Waals surface area contributed by atoms with Gasteiger partial charge in [0.25, 0.3) is 0 Å². The third-order valence-electron chi connectivity index (χ3n) is 2.32. The number of nitriles is 1. The monoisotopic (exact) mass is 255 g/mol. The van der Waals surface area contributed by atoms with Crippen molar-refractivity contribution >= 4 is 11.7 Å². The highest BCUT2D eigenvalue weighted by Crippen LogP contribution is 2.27. The number of aromatic nitrogens is 1. The molecule has 0 saturated heterocycles. The number of benzene rings is 1. The molecule has 6 heteroatoms. The zero-order chi connectivity index (χ0) is 13.8. The summed E-state index contributed by atoms with van der Waals surface area (Å²) in [6, 6.07) is 11.2. The van der Waals surface area contributed by atoms with E-state index in [1.165, 1.54) is 12.1 Å². The van der Waals surface area contributed by atoms with E-state index in [1.54, 1.807) is 24.3 Å². The van der Waals surface area contributed by atoms with Crippen LogP contribution < -0.4 is 10.5 Å². The summed E-state index contributed by atoms with van der Waals surface area (Å²) in [4.78, 5) is 14.6. The lowest BCUT2D eigenvalue weighted by molar-refractivity contribution is 0.0689. The van der Waals surface area contributed by atoms with Crippen LogP contribution in [0.5, 0.6) is 11.6 Å². The highest BCUT2D eigenvalue weighted by Gasteiger charge is 2.12. The first-order valence-corrected chi connectivity index (χ1v) is 5.28. The van der Waals surface area contributed by atoms with Crippen molar-refractivity contribution in [2.24, 2.45) is 0 Å². The second kappa shape index (κ2) is 5.06. The van der Waals surface area contributed by atoms with Gasteiger partial charge in [0.15, 0.2) is 5.69 Å². The van der Waals surface area contributed by atoms with E-state index in [1.807, 2.05) is 6.07 Å². The van der Waals surface area contributed by atoms with Crippen LogP contribution in [0.1, 0.15) is 16.1 Å². The Morgan fingerprint density at radius 3 is 2.74 bits per heavy atom. The molecule has 3 N–H and O–H groups in total. The van der Waals surface area contributed by atoms with Crippen LogP contribution in [0.3, 0.4) is 0 Å². The van der Waals surface area contributed by atoms with E-state index in [0.717, 1.165) is 0 Å². The maximum absolute atomic E-state index is 10.8. The maximum Gasteiger partial charge on any atom is 0.354 e. The van der Waals surface area contributed by atoms with Gasteiger partial charge < -0.3 is 15.6 Å². The van der Waals surface area contributed by atoms with Crippen LogP contribution in [-0.2, 0) is 0 Å². The Balaban J connectivity index is 2.41. The molecule has 2 rings (SSSR count). The van der Waals surface area contributed by atoms with E-state index in [0.29, 0.717) is 5.56 Å². The number of nitrogens with two attached hydrogens (primary N) is 1. The molecule has 19 heavy (non-hydrogen) atoms. The number of carboxylic acids is 1. The number of rotatable bonds is 3. The molecule has 0 spiro atoms. The second-order valence-corrected chi connectivity index (χ2v) is 3.61. The minimum absolute atomic E-state index is 0.0393. The lowest BCUT2D eigenvalue weighted by Gasteiger charge is -2.08. The molecule has 0 bridgehead atoms. The number of nitrogens with zero attached hydrogens (tertiary/aromatic N) is 2. The molecule has 0 aliphatic carbocycles. The second-order valence-electron chi connectivity index (χ2n) is 3.61. The Bertz CT molecular complexity index is 677. The number of hydrogen-bond donors (Lipinski definition) is 2. The maximum atomic E-state index is 10.8. The lowest BCUT2D eigenvalue weighted by atomic mass is 10.2. The number of anilines is 1. The summed E-state index contributed by atoms with van der Waals surface area (Å²) in [5.74, 6) is -0.951. The molecule has 6 nitrogen and oxygen atoms in total. The summed E-state index contributed by atoms with van der Waals surface area (Å²) in [6.07, 6.45) is 0. The number of pyridine rings is 1. The van der Waals surface area contributed by atoms with E-state index in [9.17, 15) is 4.79 Å². The molecule has 94 valence electrons. The zero-order valence-electron chi connectivity index (χ0n) is 9.70. The lowest BCUT2D eigenvalue weighted by Crippen LogP contribution is -2.04. The molecule has 0 radical (unpaired) electrons. The molecule has 0 saturated carbocycles. The van der Waals surface area contributed by atoms with Gasteiger partial charge in [-0.15, -0.1) is 0 Å². The van der Waals surface area contributed by atoms with Gasteiger partial charge in [0.2, 0.25) is 5.88 Å². The SMILES string of the molecule is N#Cc1ccccc1Oc1nc(C(=O)O)ccc1N. The highest BCUT2D eigenvalue weighted by atomic mass is 16.5. The minimum Gasteiger partial charge on any atom is -0.477 e. The summed E-state index contributed by atoms with van der Waals surface area (Å²) in [5, 5.41) is 17.8. The first-order chi connectivity index (χ1) is 9.11. The van der Waals surface area contributed by atoms with Crippen LogP contribution in [0, 0.1) is 11.3 Å². The first-order valence-electron chi connectivity index (χ1n) is 5.28. The van der Waals surface area contributed by atoms with Crippen LogP contribution in [0.25, 0.3) is 0 Å². The average molecular weight is 255 g/mol. The number of nitrogen functional groups attached to an aromatic ring is 1. The fourth-order valence-electron chi connectivity index (χ4n) is 1.40. The first kappa shape index (κ1) is 12.4. The molecule has 0 amide bonds. The van der Waals surface area contributed by atoms with E-state index in [2.05, 4.69) is 4.98 Å². The topological polar surface area (TPSA) is 109 Å². The normalized spacial score (nSPS) is 9.63. The minimum atomic E-state index is -1.18. The summed E-state index contributed by atoms with van der Waals surface area (Å²) in [5.41, 5.74) is 5.99. The van der Waals surface area contributed by atoms with E-state index in [-0.39, 0.29) is 23.0 Å². The van der Waals surface area contributed by atoms with E-state index < -0.39 is 5.97 Å². The summed E-state index contributed by atoms with van der Waals surface area (Å²) >= 11 is 0. The molecular weight excluding hydrogens is 246 g/mol. The van der Waals surface area contributed by atoms with Crippen LogP contribution in [-0.4, -0.2) is 16.1 Å². The Morgan fingerprint density at radius 2 is 2.05 bits per heavy atom. The fraction of sp³-hybridized carbons (Fsp3) is 0. The number of carbonyl (C=O) groups is 1. The Labute approximate surface area is 108 Å². The van der Waals surface area contributed by atoms with Gasteiger partial charge in [0.05, 0.1) is 11.3 Å². The highest BCUT2D eigenvalue weighted by molar-refractivity contribution is 5.86. The van der Waals surface area contributed by atoms with Crippen LogP contribution in [0.4, 0.5) is 5.69 Å². The Hall–Kier alpha value is -3.07. The third kappa shape index (κ3) is 2.61. The van der Waals surface area contributed by atoms with Gasteiger partial charge in [-0.3, -0.25) is 0 Å². The number of aromatic carboxylic acids is 1. The van der Waals surface area contributed by atoms with Gasteiger partial charge in [-0.1, -0.05) is 12.1 Å². The number of hydrogen-bond acceptors (Lipinski definition) is 5. The smallest absolute Gasteiger partial charge is 0.354 e. The van der Waals surface area contributed by atoms with E-state index >= 15 is 0 Å². The number of ether oxygens (including phenoxy) is 1. The predicted molar refractivity (Wildman–Crippen MR) is 66.8 cm³/mol. The summed E-state index contributed by atoms with van der Waals surface area (Å²) in [6.45, 7) is 0. The van der Waals surface area contributed by atoms with Crippen molar-refractivity contribution < 1.29 is 14.6 Å². The molecule has 0 unspecified atom stereocenters. The van der Waals surface area contributed by atoms with Gasteiger partial charge in [0, 0.05) is 0 Å². The predicted octanol–water partition coefficient (Wildman–Crippen LogP) is 2.03. The third-order valence-corrected chi connectivity index (χ3v) is 2.32.